The van der Waals surface area contributed by atoms with Crippen molar-refractivity contribution in [1.29, 1.82) is 0 Å². The molecule has 0 radical (unpaired) electrons. The molecule has 0 aliphatic rings. The predicted molar refractivity (Wildman–Crippen MR) is 76.5 cm³/mol. The number of nitrogens with zero attached hydrogens (tertiary/aromatic N) is 2. The zero-order valence-electron chi connectivity index (χ0n) is 10.0. The van der Waals surface area contributed by atoms with Crippen molar-refractivity contribution in [2.45, 2.75) is 0 Å². The molecule has 2 N–H and O–H groups in total. The number of anilines is 1. The van der Waals surface area contributed by atoms with Crippen LogP contribution >= 0.6 is 15.9 Å². The molecule has 0 saturated carbocycles. The third-order valence-electron chi connectivity index (χ3n) is 2.80. The highest BCUT2D eigenvalue weighted by atomic mass is 79.9. The van der Waals surface area contributed by atoms with Crippen LogP contribution in [0, 0.1) is 5.82 Å². The van der Waals surface area contributed by atoms with Crippen LogP contribution in [0.5, 0.6) is 0 Å². The highest BCUT2D eigenvalue weighted by Gasteiger charge is 2.08. The predicted octanol–water partition coefficient (Wildman–Crippen LogP) is 3.57. The Hall–Kier alpha value is -1.95. The lowest BCUT2D eigenvalue weighted by Crippen LogP contribution is -1.91. The number of aromatic amines is 1. The van der Waals surface area contributed by atoms with Gasteiger partial charge in [-0.25, -0.2) is 14.4 Å². The van der Waals surface area contributed by atoms with E-state index in [1.165, 1.54) is 6.07 Å². The van der Waals surface area contributed by atoms with Crippen molar-refractivity contribution in [2.75, 3.05) is 12.4 Å². The largest absolute Gasteiger partial charge is 0.373 e. The van der Waals surface area contributed by atoms with Gasteiger partial charge < -0.3 is 10.3 Å². The van der Waals surface area contributed by atoms with Gasteiger partial charge in [-0.3, -0.25) is 0 Å². The lowest BCUT2D eigenvalue weighted by molar-refractivity contribution is 0.621. The Balaban J connectivity index is 2.11. The van der Waals surface area contributed by atoms with Gasteiger partial charge in [0.05, 0.1) is 9.99 Å². The van der Waals surface area contributed by atoms with Crippen LogP contribution in [0.15, 0.2) is 34.8 Å². The average Bonchev–Trinajstić information content (AvgIpc) is 2.84. The van der Waals surface area contributed by atoms with E-state index in [1.54, 1.807) is 19.2 Å². The minimum absolute atomic E-state index is 0.296. The van der Waals surface area contributed by atoms with Crippen LogP contribution < -0.4 is 5.32 Å². The number of hydrogen-bond acceptors (Lipinski definition) is 3. The van der Waals surface area contributed by atoms with Gasteiger partial charge in [-0.05, 0) is 46.3 Å². The Bertz CT molecular complexity index is 753. The van der Waals surface area contributed by atoms with Crippen molar-refractivity contribution in [3.63, 3.8) is 0 Å². The second kappa shape index (κ2) is 4.62. The minimum atomic E-state index is -0.296. The maximum Gasteiger partial charge on any atom is 0.180 e. The highest BCUT2D eigenvalue weighted by molar-refractivity contribution is 9.10. The summed E-state index contributed by atoms with van der Waals surface area (Å²) in [7, 11) is 1.80. The second-order valence-corrected chi connectivity index (χ2v) is 4.89. The van der Waals surface area contributed by atoms with E-state index in [2.05, 4.69) is 36.2 Å². The lowest BCUT2D eigenvalue weighted by atomic mass is 10.2. The first-order valence-corrected chi connectivity index (χ1v) is 6.46. The van der Waals surface area contributed by atoms with Crippen molar-refractivity contribution in [2.24, 2.45) is 0 Å². The number of hydrogen-bond donors (Lipinski definition) is 2. The average molecular weight is 321 g/mol. The van der Waals surface area contributed by atoms with E-state index in [0.717, 1.165) is 16.9 Å². The fourth-order valence-corrected chi connectivity index (χ4v) is 2.19. The molecule has 2 aromatic heterocycles. The number of rotatable bonds is 2. The van der Waals surface area contributed by atoms with Gasteiger partial charge in [0, 0.05) is 12.6 Å². The topological polar surface area (TPSA) is 53.6 Å². The maximum atomic E-state index is 13.2. The fraction of sp³-hybridized carbons (Fsp3) is 0.0769. The highest BCUT2D eigenvalue weighted by Crippen LogP contribution is 2.25. The number of nitrogens with one attached hydrogen (secondary N) is 2. The van der Waals surface area contributed by atoms with E-state index >= 15 is 0 Å². The molecule has 1 aromatic carbocycles. The molecule has 3 rings (SSSR count). The molecule has 96 valence electrons. The first-order valence-electron chi connectivity index (χ1n) is 5.67. The molecule has 0 bridgehead atoms. The second-order valence-electron chi connectivity index (χ2n) is 4.03. The summed E-state index contributed by atoms with van der Waals surface area (Å²) in [6, 6.07) is 8.54. The summed E-state index contributed by atoms with van der Waals surface area (Å²) in [4.78, 5) is 11.9. The Kier molecular flexibility index (Phi) is 2.94. The van der Waals surface area contributed by atoms with Gasteiger partial charge in [-0.2, -0.15) is 0 Å². The van der Waals surface area contributed by atoms with Crippen molar-refractivity contribution in [3.05, 3.63) is 40.6 Å². The Morgan fingerprint density at radius 2 is 2.05 bits per heavy atom. The molecule has 0 saturated heterocycles. The monoisotopic (exact) mass is 320 g/mol. The summed E-state index contributed by atoms with van der Waals surface area (Å²) < 4.78 is 13.6. The van der Waals surface area contributed by atoms with Crippen LogP contribution in [0.3, 0.4) is 0 Å². The molecule has 3 aromatic rings. The number of pyridine rings is 1. The number of fused-ring (bicyclic) bond motifs is 1. The van der Waals surface area contributed by atoms with Gasteiger partial charge in [-0.15, -0.1) is 0 Å². The van der Waals surface area contributed by atoms with Gasteiger partial charge in [0.15, 0.2) is 5.65 Å². The van der Waals surface area contributed by atoms with Crippen molar-refractivity contribution in [3.8, 4) is 11.4 Å². The maximum absolute atomic E-state index is 13.2. The van der Waals surface area contributed by atoms with Crippen molar-refractivity contribution < 1.29 is 4.39 Å². The number of halogens is 2. The van der Waals surface area contributed by atoms with E-state index in [9.17, 15) is 4.39 Å². The third-order valence-corrected chi connectivity index (χ3v) is 3.40. The fourth-order valence-electron chi connectivity index (χ4n) is 1.81. The number of benzene rings is 1. The molecule has 6 heteroatoms. The quantitative estimate of drug-likeness (QED) is 0.759. The summed E-state index contributed by atoms with van der Waals surface area (Å²) in [5.41, 5.74) is 2.27. The third kappa shape index (κ3) is 2.19. The van der Waals surface area contributed by atoms with E-state index in [4.69, 9.17) is 0 Å². The Morgan fingerprint density at radius 3 is 2.79 bits per heavy atom. The first-order chi connectivity index (χ1) is 9.17. The number of imidazole rings is 1. The summed E-state index contributed by atoms with van der Waals surface area (Å²) in [6.45, 7) is 0. The van der Waals surface area contributed by atoms with E-state index in [-0.39, 0.29) is 5.82 Å². The van der Waals surface area contributed by atoms with E-state index in [1.807, 2.05) is 12.1 Å². The summed E-state index contributed by atoms with van der Waals surface area (Å²) in [5, 5.41) is 2.96. The van der Waals surface area contributed by atoms with Gasteiger partial charge >= 0.3 is 0 Å². The Morgan fingerprint density at radius 1 is 1.21 bits per heavy atom. The minimum Gasteiger partial charge on any atom is -0.373 e. The van der Waals surface area contributed by atoms with Crippen LogP contribution in [0.1, 0.15) is 0 Å². The van der Waals surface area contributed by atoms with Gasteiger partial charge in [0.1, 0.15) is 17.5 Å². The molecule has 0 fully saturated rings. The molecule has 4 nitrogen and oxygen atoms in total. The molecule has 0 atom stereocenters. The van der Waals surface area contributed by atoms with Crippen molar-refractivity contribution in [1.82, 2.24) is 15.0 Å². The molecule has 0 unspecified atom stereocenters. The van der Waals surface area contributed by atoms with Crippen LogP contribution in [-0.2, 0) is 0 Å². The van der Waals surface area contributed by atoms with E-state index in [0.29, 0.717) is 15.9 Å². The molecule has 0 spiro atoms. The zero-order chi connectivity index (χ0) is 13.4. The molecule has 19 heavy (non-hydrogen) atoms. The van der Waals surface area contributed by atoms with Gasteiger partial charge in [0.2, 0.25) is 0 Å². The standard InChI is InChI=1S/C13H10BrFN4/c1-16-11-5-4-10-13(18-11)19-12(17-10)7-2-3-9(15)8(14)6-7/h2-6H,1H3,(H2,16,17,18,19). The Labute approximate surface area is 117 Å². The molecule has 0 amide bonds. The van der Waals surface area contributed by atoms with Gasteiger partial charge in [-0.1, -0.05) is 0 Å². The smallest absolute Gasteiger partial charge is 0.180 e. The first kappa shape index (κ1) is 12.1. The number of aromatic nitrogens is 3. The molecular formula is C13H10BrFN4. The molecule has 2 heterocycles. The van der Waals surface area contributed by atoms with Gasteiger partial charge in [0.25, 0.3) is 0 Å². The normalized spacial score (nSPS) is 10.9. The molecular weight excluding hydrogens is 311 g/mol. The SMILES string of the molecule is CNc1ccc2[nH]c(-c3ccc(F)c(Br)c3)nc2n1. The van der Waals surface area contributed by atoms with Crippen LogP contribution in [0.4, 0.5) is 10.2 Å². The van der Waals surface area contributed by atoms with Crippen molar-refractivity contribution >= 4 is 32.9 Å². The molecule has 0 aliphatic carbocycles. The summed E-state index contributed by atoms with van der Waals surface area (Å²) in [6.07, 6.45) is 0. The number of H-pyrrole nitrogens is 1. The lowest BCUT2D eigenvalue weighted by Gasteiger charge is -1.98. The zero-order valence-corrected chi connectivity index (χ0v) is 11.6. The summed E-state index contributed by atoms with van der Waals surface area (Å²) >= 11 is 3.17. The van der Waals surface area contributed by atoms with Crippen LogP contribution in [0.25, 0.3) is 22.6 Å². The summed E-state index contributed by atoms with van der Waals surface area (Å²) in [5.74, 6) is 1.12. The molecule has 0 aliphatic heterocycles. The van der Waals surface area contributed by atoms with Crippen LogP contribution in [0.2, 0.25) is 0 Å². The van der Waals surface area contributed by atoms with Crippen LogP contribution in [-0.4, -0.2) is 22.0 Å². The van der Waals surface area contributed by atoms with E-state index < -0.39 is 0 Å².